The van der Waals surface area contributed by atoms with E-state index in [0.29, 0.717) is 10.8 Å². The van der Waals surface area contributed by atoms with Gasteiger partial charge in [0.1, 0.15) is 5.75 Å². The number of likely N-dealkylation sites (tertiary alicyclic amines) is 1. The van der Waals surface area contributed by atoms with Crippen LogP contribution < -0.4 is 0 Å². The third kappa shape index (κ3) is 3.69. The molecule has 0 atom stereocenters. The molecule has 1 N–H and O–H groups in total. The van der Waals surface area contributed by atoms with Crippen molar-refractivity contribution in [3.63, 3.8) is 0 Å². The molecule has 0 bridgehead atoms. The molecule has 1 saturated heterocycles. The van der Waals surface area contributed by atoms with Gasteiger partial charge in [-0.1, -0.05) is 36.6 Å². The Morgan fingerprint density at radius 1 is 0.962 bits per heavy atom. The van der Waals surface area contributed by atoms with E-state index in [1.54, 1.807) is 0 Å². The van der Waals surface area contributed by atoms with E-state index in [2.05, 4.69) is 16.0 Å². The summed E-state index contributed by atoms with van der Waals surface area (Å²) < 4.78 is 0. The Morgan fingerprint density at radius 2 is 1.77 bits per heavy atom. The van der Waals surface area contributed by atoms with Crippen LogP contribution in [0.2, 0.25) is 5.02 Å². The number of aromatic nitrogens is 1. The number of phenolic OH excluding ortho intramolecular Hbond substituents is 1. The van der Waals surface area contributed by atoms with Gasteiger partial charge in [0.15, 0.2) is 0 Å². The van der Waals surface area contributed by atoms with Crippen molar-refractivity contribution in [2.45, 2.75) is 32.2 Å². The average Bonchev–Trinajstić information content (AvgIpc) is 2.91. The van der Waals surface area contributed by atoms with Crippen LogP contribution in [0.15, 0.2) is 48.7 Å². The predicted molar refractivity (Wildman–Crippen MR) is 108 cm³/mol. The van der Waals surface area contributed by atoms with Crippen molar-refractivity contribution in [3.05, 3.63) is 59.2 Å². The second kappa shape index (κ2) is 7.65. The van der Waals surface area contributed by atoms with E-state index >= 15 is 0 Å². The smallest absolute Gasteiger partial charge is 0.120 e. The van der Waals surface area contributed by atoms with Crippen molar-refractivity contribution in [3.8, 4) is 16.9 Å². The van der Waals surface area contributed by atoms with Crippen LogP contribution >= 0.6 is 11.6 Å². The first kappa shape index (κ1) is 17.3. The summed E-state index contributed by atoms with van der Waals surface area (Å²) >= 11 is 6.11. The quantitative estimate of drug-likeness (QED) is 0.651. The van der Waals surface area contributed by atoms with Gasteiger partial charge in [-0.05, 0) is 67.4 Å². The van der Waals surface area contributed by atoms with Gasteiger partial charge >= 0.3 is 0 Å². The number of pyridine rings is 1. The van der Waals surface area contributed by atoms with E-state index < -0.39 is 0 Å². The Hall–Kier alpha value is -2.10. The molecule has 0 aliphatic carbocycles. The lowest BCUT2D eigenvalue weighted by Crippen LogP contribution is -2.24. The topological polar surface area (TPSA) is 36.4 Å². The lowest BCUT2D eigenvalue weighted by molar-refractivity contribution is 0.273. The SMILES string of the molecule is Oc1ccc(-c2ccnc3cc(Cl)ccc23)cc1CN1CCCCCC1. The van der Waals surface area contributed by atoms with Crippen LogP contribution in [0.25, 0.3) is 22.0 Å². The molecule has 1 aliphatic rings. The summed E-state index contributed by atoms with van der Waals surface area (Å²) in [6, 6.07) is 13.7. The fourth-order valence-electron chi connectivity index (χ4n) is 3.79. The van der Waals surface area contributed by atoms with Crippen LogP contribution in [0, 0.1) is 0 Å². The van der Waals surface area contributed by atoms with Gasteiger partial charge in [0.25, 0.3) is 0 Å². The summed E-state index contributed by atoms with van der Waals surface area (Å²) in [6.45, 7) is 3.02. The number of hydrogen-bond donors (Lipinski definition) is 1. The molecule has 2 heterocycles. The Bertz CT molecular complexity index is 917. The Morgan fingerprint density at radius 3 is 2.58 bits per heavy atom. The van der Waals surface area contributed by atoms with Crippen LogP contribution in [0.1, 0.15) is 31.2 Å². The molecule has 26 heavy (non-hydrogen) atoms. The summed E-state index contributed by atoms with van der Waals surface area (Å²) in [6.07, 6.45) is 6.93. The van der Waals surface area contributed by atoms with Gasteiger partial charge < -0.3 is 5.11 Å². The zero-order valence-electron chi connectivity index (χ0n) is 14.8. The number of fused-ring (bicyclic) bond motifs is 1. The summed E-state index contributed by atoms with van der Waals surface area (Å²) in [7, 11) is 0. The molecule has 134 valence electrons. The molecule has 2 aromatic carbocycles. The highest BCUT2D eigenvalue weighted by atomic mass is 35.5. The molecular weight excluding hydrogens is 344 g/mol. The maximum absolute atomic E-state index is 10.4. The van der Waals surface area contributed by atoms with Crippen LogP contribution in [0.4, 0.5) is 0 Å². The first-order valence-corrected chi connectivity index (χ1v) is 9.67. The van der Waals surface area contributed by atoms with E-state index in [-0.39, 0.29) is 0 Å². The summed E-state index contributed by atoms with van der Waals surface area (Å²) in [4.78, 5) is 6.88. The molecule has 0 spiro atoms. The predicted octanol–water partition coefficient (Wildman–Crippen LogP) is 5.64. The molecular formula is C22H23ClN2O. The number of nitrogens with zero attached hydrogens (tertiary/aromatic N) is 2. The van der Waals surface area contributed by atoms with E-state index in [9.17, 15) is 5.11 Å². The molecule has 0 amide bonds. The number of benzene rings is 2. The molecule has 1 fully saturated rings. The second-order valence-corrected chi connectivity index (χ2v) is 7.49. The third-order valence-corrected chi connectivity index (χ3v) is 5.42. The van der Waals surface area contributed by atoms with Gasteiger partial charge in [-0.3, -0.25) is 9.88 Å². The monoisotopic (exact) mass is 366 g/mol. The molecule has 0 radical (unpaired) electrons. The largest absolute Gasteiger partial charge is 0.508 e. The van der Waals surface area contributed by atoms with Crippen molar-refractivity contribution in [2.75, 3.05) is 13.1 Å². The number of rotatable bonds is 3. The molecule has 1 aliphatic heterocycles. The fourth-order valence-corrected chi connectivity index (χ4v) is 3.95. The lowest BCUT2D eigenvalue weighted by Gasteiger charge is -2.21. The van der Waals surface area contributed by atoms with Crippen molar-refractivity contribution >= 4 is 22.5 Å². The Kier molecular flexibility index (Phi) is 5.09. The molecule has 3 aromatic rings. The highest BCUT2D eigenvalue weighted by Gasteiger charge is 2.13. The minimum atomic E-state index is 0.374. The minimum absolute atomic E-state index is 0.374. The van der Waals surface area contributed by atoms with Gasteiger partial charge in [0, 0.05) is 28.7 Å². The highest BCUT2D eigenvalue weighted by molar-refractivity contribution is 6.31. The highest BCUT2D eigenvalue weighted by Crippen LogP contribution is 2.32. The van der Waals surface area contributed by atoms with Gasteiger partial charge in [0.05, 0.1) is 5.52 Å². The molecule has 4 rings (SSSR count). The van der Waals surface area contributed by atoms with E-state index in [4.69, 9.17) is 11.6 Å². The average molecular weight is 367 g/mol. The fraction of sp³-hybridized carbons (Fsp3) is 0.318. The van der Waals surface area contributed by atoms with Gasteiger partial charge in [-0.2, -0.15) is 0 Å². The summed E-state index contributed by atoms with van der Waals surface area (Å²) in [5, 5.41) is 12.1. The maximum Gasteiger partial charge on any atom is 0.120 e. The van der Waals surface area contributed by atoms with Crippen molar-refractivity contribution in [1.29, 1.82) is 0 Å². The van der Waals surface area contributed by atoms with Crippen molar-refractivity contribution in [2.24, 2.45) is 0 Å². The molecule has 0 saturated carbocycles. The number of phenols is 1. The zero-order valence-corrected chi connectivity index (χ0v) is 15.5. The summed E-state index contributed by atoms with van der Waals surface area (Å²) in [5.74, 6) is 0.374. The second-order valence-electron chi connectivity index (χ2n) is 7.05. The zero-order chi connectivity index (χ0) is 17.9. The molecule has 1 aromatic heterocycles. The van der Waals surface area contributed by atoms with E-state index in [1.165, 1.54) is 25.7 Å². The number of hydrogen-bond acceptors (Lipinski definition) is 3. The van der Waals surface area contributed by atoms with Gasteiger partial charge in [0.2, 0.25) is 0 Å². The van der Waals surface area contributed by atoms with E-state index in [0.717, 1.165) is 47.2 Å². The first-order chi connectivity index (χ1) is 12.7. The number of aromatic hydroxyl groups is 1. The molecule has 4 heteroatoms. The molecule has 0 unspecified atom stereocenters. The Balaban J connectivity index is 1.70. The normalized spacial score (nSPS) is 15.9. The molecule has 3 nitrogen and oxygen atoms in total. The summed E-state index contributed by atoms with van der Waals surface area (Å²) in [5.41, 5.74) is 4.09. The third-order valence-electron chi connectivity index (χ3n) is 5.19. The Labute approximate surface area is 159 Å². The van der Waals surface area contributed by atoms with Crippen LogP contribution in [-0.4, -0.2) is 28.1 Å². The van der Waals surface area contributed by atoms with E-state index in [1.807, 2.05) is 42.6 Å². The van der Waals surface area contributed by atoms with Crippen LogP contribution in [-0.2, 0) is 6.54 Å². The van der Waals surface area contributed by atoms with Gasteiger partial charge in [-0.25, -0.2) is 0 Å². The van der Waals surface area contributed by atoms with Crippen molar-refractivity contribution in [1.82, 2.24) is 9.88 Å². The minimum Gasteiger partial charge on any atom is -0.508 e. The van der Waals surface area contributed by atoms with Crippen LogP contribution in [0.3, 0.4) is 0 Å². The maximum atomic E-state index is 10.4. The number of halogens is 1. The lowest BCUT2D eigenvalue weighted by atomic mass is 9.99. The van der Waals surface area contributed by atoms with Crippen molar-refractivity contribution < 1.29 is 5.11 Å². The standard InChI is InChI=1S/C22H23ClN2O/c23-18-6-7-20-19(9-10-24-21(20)14-18)16-5-8-22(26)17(13-16)15-25-11-3-1-2-4-12-25/h5-10,13-14,26H,1-4,11-12,15H2. The van der Waals surface area contributed by atoms with Crippen LogP contribution in [0.5, 0.6) is 5.75 Å². The first-order valence-electron chi connectivity index (χ1n) is 9.29. The van der Waals surface area contributed by atoms with Gasteiger partial charge in [-0.15, -0.1) is 0 Å².